The van der Waals surface area contributed by atoms with Crippen LogP contribution in [0.25, 0.3) is 10.8 Å². The van der Waals surface area contributed by atoms with Crippen LogP contribution in [0.5, 0.6) is 0 Å². The van der Waals surface area contributed by atoms with E-state index in [9.17, 15) is 4.79 Å². The van der Waals surface area contributed by atoms with Gasteiger partial charge in [0.15, 0.2) is 10.8 Å². The largest absolute Gasteiger partial charge is 0.306 e. The van der Waals surface area contributed by atoms with Crippen LogP contribution in [0.2, 0.25) is 0 Å². The highest BCUT2D eigenvalue weighted by Crippen LogP contribution is 2.38. The van der Waals surface area contributed by atoms with Gasteiger partial charge in [-0.25, -0.2) is 15.0 Å². The lowest BCUT2D eigenvalue weighted by Crippen LogP contribution is -2.32. The first-order valence-corrected chi connectivity index (χ1v) is 10.2. The van der Waals surface area contributed by atoms with Gasteiger partial charge in [0.2, 0.25) is 0 Å². The maximum Gasteiger partial charge on any atom is 0.270 e. The van der Waals surface area contributed by atoms with Crippen LogP contribution in [-0.4, -0.2) is 32.7 Å². The summed E-state index contributed by atoms with van der Waals surface area (Å²) < 4.78 is 0. The van der Waals surface area contributed by atoms with E-state index in [-0.39, 0.29) is 5.91 Å². The minimum absolute atomic E-state index is 0.00401. The molecule has 0 unspecified atom stereocenters. The molecule has 132 valence electrons. The Morgan fingerprint density at radius 1 is 1.19 bits per heavy atom. The van der Waals surface area contributed by atoms with Gasteiger partial charge in [0.05, 0.1) is 11.4 Å². The highest BCUT2D eigenvalue weighted by atomic mass is 32.2. The van der Waals surface area contributed by atoms with E-state index >= 15 is 0 Å². The van der Waals surface area contributed by atoms with Crippen LogP contribution in [0.1, 0.15) is 28.7 Å². The Labute approximate surface area is 160 Å². The van der Waals surface area contributed by atoms with Gasteiger partial charge in [0, 0.05) is 29.1 Å². The molecule has 5 nitrogen and oxygen atoms in total. The van der Waals surface area contributed by atoms with E-state index in [0.29, 0.717) is 27.5 Å². The highest BCUT2D eigenvalue weighted by molar-refractivity contribution is 8.00. The summed E-state index contributed by atoms with van der Waals surface area (Å²) in [7, 11) is 0. The third-order valence-electron chi connectivity index (χ3n) is 4.24. The molecule has 3 aromatic rings. The summed E-state index contributed by atoms with van der Waals surface area (Å²) in [5.74, 6) is 0.560. The maximum absolute atomic E-state index is 13.3. The molecule has 0 aliphatic carbocycles. The van der Waals surface area contributed by atoms with Crippen molar-refractivity contribution in [2.45, 2.75) is 30.4 Å². The molecule has 1 aliphatic heterocycles. The smallest absolute Gasteiger partial charge is 0.270 e. The number of hydrogen-bond acceptors (Lipinski definition) is 6. The zero-order chi connectivity index (χ0) is 18.1. The van der Waals surface area contributed by atoms with E-state index in [1.54, 1.807) is 18.5 Å². The molecular weight excluding hydrogens is 364 g/mol. The molecule has 1 aliphatic rings. The quantitative estimate of drug-likeness (QED) is 0.656. The zero-order valence-corrected chi connectivity index (χ0v) is 16.2. The van der Waals surface area contributed by atoms with E-state index in [0.717, 1.165) is 22.7 Å². The summed E-state index contributed by atoms with van der Waals surface area (Å²) in [6.07, 6.45) is 4.33. The predicted molar refractivity (Wildman–Crippen MR) is 106 cm³/mol. The minimum Gasteiger partial charge on any atom is -0.306 e. The SMILES string of the molecule is Cc1nc(-c2ncccn2)sc1C(=O)N1CC[C@H](C)Sc2ccccc21. The molecule has 0 saturated heterocycles. The van der Waals surface area contributed by atoms with Crippen molar-refractivity contribution in [1.82, 2.24) is 15.0 Å². The van der Waals surface area contributed by atoms with Gasteiger partial charge in [-0.05, 0) is 31.5 Å². The van der Waals surface area contributed by atoms with E-state index in [4.69, 9.17) is 0 Å². The minimum atomic E-state index is 0.00401. The Morgan fingerprint density at radius 3 is 2.77 bits per heavy atom. The van der Waals surface area contributed by atoms with Gasteiger partial charge >= 0.3 is 0 Å². The van der Waals surface area contributed by atoms with E-state index < -0.39 is 0 Å². The molecule has 1 amide bonds. The average molecular weight is 383 g/mol. The molecule has 0 spiro atoms. The van der Waals surface area contributed by atoms with Gasteiger partial charge in [-0.3, -0.25) is 4.79 Å². The summed E-state index contributed by atoms with van der Waals surface area (Å²) in [5, 5.41) is 1.15. The molecule has 0 fully saturated rings. The van der Waals surface area contributed by atoms with Crippen molar-refractivity contribution in [2.24, 2.45) is 0 Å². The fraction of sp³-hybridized carbons (Fsp3) is 0.263. The molecule has 2 aromatic heterocycles. The molecule has 1 atom stereocenters. The Bertz CT molecular complexity index is 942. The van der Waals surface area contributed by atoms with Crippen molar-refractivity contribution in [1.29, 1.82) is 0 Å². The number of fused-ring (bicyclic) bond motifs is 1. The number of thioether (sulfide) groups is 1. The number of benzene rings is 1. The van der Waals surface area contributed by atoms with Crippen LogP contribution in [0.15, 0.2) is 47.6 Å². The fourth-order valence-corrected chi connectivity index (χ4v) is 5.00. The Balaban J connectivity index is 1.71. The zero-order valence-electron chi connectivity index (χ0n) is 14.5. The van der Waals surface area contributed by atoms with Crippen LogP contribution in [0.4, 0.5) is 5.69 Å². The molecule has 1 aromatic carbocycles. The van der Waals surface area contributed by atoms with E-state index in [1.807, 2.05) is 41.8 Å². The number of amides is 1. The summed E-state index contributed by atoms with van der Waals surface area (Å²) in [4.78, 5) is 30.1. The van der Waals surface area contributed by atoms with Crippen molar-refractivity contribution in [3.05, 3.63) is 53.3 Å². The normalized spacial score (nSPS) is 16.8. The Hall–Kier alpha value is -2.25. The van der Waals surface area contributed by atoms with Crippen molar-refractivity contribution in [2.75, 3.05) is 11.4 Å². The van der Waals surface area contributed by atoms with Crippen molar-refractivity contribution < 1.29 is 4.79 Å². The number of anilines is 1. The van der Waals surface area contributed by atoms with Crippen molar-refractivity contribution >= 4 is 34.7 Å². The number of aryl methyl sites for hydroxylation is 1. The topological polar surface area (TPSA) is 59.0 Å². The monoisotopic (exact) mass is 382 g/mol. The van der Waals surface area contributed by atoms with E-state index in [1.165, 1.54) is 11.3 Å². The van der Waals surface area contributed by atoms with Gasteiger partial charge in [-0.1, -0.05) is 19.1 Å². The summed E-state index contributed by atoms with van der Waals surface area (Å²) in [5.41, 5.74) is 1.71. The Morgan fingerprint density at radius 2 is 1.96 bits per heavy atom. The van der Waals surface area contributed by atoms with Gasteiger partial charge in [0.1, 0.15) is 4.88 Å². The van der Waals surface area contributed by atoms with Crippen molar-refractivity contribution in [3.63, 3.8) is 0 Å². The molecular formula is C19H18N4OS2. The highest BCUT2D eigenvalue weighted by Gasteiger charge is 2.28. The summed E-state index contributed by atoms with van der Waals surface area (Å²) in [6, 6.07) is 9.89. The van der Waals surface area contributed by atoms with Gasteiger partial charge in [-0.15, -0.1) is 23.1 Å². The second-order valence-electron chi connectivity index (χ2n) is 6.15. The number of carbonyl (C=O) groups excluding carboxylic acids is 1. The van der Waals surface area contributed by atoms with Crippen LogP contribution < -0.4 is 4.90 Å². The number of hydrogen-bond donors (Lipinski definition) is 0. The second kappa shape index (κ2) is 7.17. The first-order valence-electron chi connectivity index (χ1n) is 8.46. The first kappa shape index (κ1) is 17.2. The third kappa shape index (κ3) is 3.24. The van der Waals surface area contributed by atoms with Crippen LogP contribution in [-0.2, 0) is 0 Å². The molecule has 7 heteroatoms. The lowest BCUT2D eigenvalue weighted by molar-refractivity contribution is 0.0989. The van der Waals surface area contributed by atoms with Crippen LogP contribution in [0.3, 0.4) is 0 Å². The fourth-order valence-electron chi connectivity index (χ4n) is 2.92. The number of thiazole rings is 1. The number of aromatic nitrogens is 3. The average Bonchev–Trinajstić information content (AvgIpc) is 2.96. The molecule has 0 radical (unpaired) electrons. The summed E-state index contributed by atoms with van der Waals surface area (Å²) in [6.45, 7) is 4.79. The standard InChI is InChI=1S/C19H18N4OS2/c1-12-8-11-23(14-6-3-4-7-15(14)25-12)19(24)16-13(2)22-18(26-16)17-20-9-5-10-21-17/h3-7,9-10,12H,8,11H2,1-2H3/t12-/m0/s1. The molecule has 3 heterocycles. The van der Waals surface area contributed by atoms with Gasteiger partial charge in [0.25, 0.3) is 5.91 Å². The lowest BCUT2D eigenvalue weighted by Gasteiger charge is -2.22. The van der Waals surface area contributed by atoms with Crippen LogP contribution in [0, 0.1) is 6.92 Å². The van der Waals surface area contributed by atoms with E-state index in [2.05, 4.69) is 27.9 Å². The summed E-state index contributed by atoms with van der Waals surface area (Å²) >= 11 is 3.19. The number of carbonyl (C=O) groups is 1. The maximum atomic E-state index is 13.3. The third-order valence-corrected chi connectivity index (χ3v) is 6.62. The van der Waals surface area contributed by atoms with Gasteiger partial charge < -0.3 is 4.90 Å². The van der Waals surface area contributed by atoms with Gasteiger partial charge in [-0.2, -0.15) is 0 Å². The second-order valence-corrected chi connectivity index (χ2v) is 8.63. The Kier molecular flexibility index (Phi) is 4.74. The van der Waals surface area contributed by atoms with Crippen LogP contribution >= 0.6 is 23.1 Å². The first-order chi connectivity index (χ1) is 12.6. The lowest BCUT2D eigenvalue weighted by atomic mass is 10.2. The number of rotatable bonds is 2. The number of nitrogens with zero attached hydrogens (tertiary/aromatic N) is 4. The molecule has 26 heavy (non-hydrogen) atoms. The molecule has 0 bridgehead atoms. The molecule has 0 N–H and O–H groups in total. The van der Waals surface area contributed by atoms with Crippen molar-refractivity contribution in [3.8, 4) is 10.8 Å². The molecule has 4 rings (SSSR count). The molecule has 0 saturated carbocycles. The predicted octanol–water partition coefficient (Wildman–Crippen LogP) is 4.44. The number of para-hydroxylation sites is 1.